The van der Waals surface area contributed by atoms with E-state index in [0.717, 1.165) is 33.4 Å². The van der Waals surface area contributed by atoms with Crippen molar-refractivity contribution < 1.29 is 9.15 Å². The number of fused-ring (bicyclic) bond motifs is 1. The molecular formula is C15H17N3O2S. The molecule has 2 heterocycles. The molecule has 0 spiro atoms. The van der Waals surface area contributed by atoms with Crippen LogP contribution in [0.3, 0.4) is 0 Å². The van der Waals surface area contributed by atoms with Crippen LogP contribution in [0.4, 0.5) is 0 Å². The predicted octanol–water partition coefficient (Wildman–Crippen LogP) is 2.86. The molecule has 0 fully saturated rings. The van der Waals surface area contributed by atoms with Gasteiger partial charge in [0.05, 0.1) is 12.6 Å². The number of hydrogen-bond acceptors (Lipinski definition) is 5. The summed E-state index contributed by atoms with van der Waals surface area (Å²) in [7, 11) is 1.68. The van der Waals surface area contributed by atoms with Crippen molar-refractivity contribution in [2.75, 3.05) is 19.5 Å². The van der Waals surface area contributed by atoms with E-state index in [-0.39, 0.29) is 6.04 Å². The summed E-state index contributed by atoms with van der Waals surface area (Å²) >= 11 is 1.62. The second kappa shape index (κ2) is 6.32. The van der Waals surface area contributed by atoms with Gasteiger partial charge in [0.1, 0.15) is 11.3 Å². The largest absolute Gasteiger partial charge is 0.455 e. The van der Waals surface area contributed by atoms with Crippen LogP contribution in [-0.2, 0) is 4.74 Å². The first-order chi connectivity index (χ1) is 10.3. The normalized spacial score (nSPS) is 18.6. The number of hydrazone groups is 1. The van der Waals surface area contributed by atoms with Gasteiger partial charge in [-0.2, -0.15) is 5.10 Å². The lowest BCUT2D eigenvalue weighted by Crippen LogP contribution is -2.27. The third-order valence-corrected chi connectivity index (χ3v) is 3.98. The zero-order valence-corrected chi connectivity index (χ0v) is 12.8. The molecule has 1 aromatic heterocycles. The number of amidine groups is 1. The van der Waals surface area contributed by atoms with E-state index < -0.39 is 0 Å². The fourth-order valence-electron chi connectivity index (χ4n) is 2.11. The van der Waals surface area contributed by atoms with Crippen LogP contribution in [0.15, 0.2) is 44.8 Å². The molecule has 3 rings (SSSR count). The Morgan fingerprint density at radius 3 is 3.05 bits per heavy atom. The Balaban J connectivity index is 1.75. The van der Waals surface area contributed by atoms with Gasteiger partial charge in [-0.25, -0.2) is 0 Å². The van der Waals surface area contributed by atoms with Crippen LogP contribution in [0, 0.1) is 0 Å². The highest BCUT2D eigenvalue weighted by atomic mass is 32.2. The average molecular weight is 303 g/mol. The van der Waals surface area contributed by atoms with Crippen LogP contribution in [-0.4, -0.2) is 36.4 Å². The van der Waals surface area contributed by atoms with Gasteiger partial charge in [0.15, 0.2) is 10.9 Å². The van der Waals surface area contributed by atoms with Gasteiger partial charge >= 0.3 is 0 Å². The van der Waals surface area contributed by atoms with Gasteiger partial charge in [0, 0.05) is 18.2 Å². The summed E-state index contributed by atoms with van der Waals surface area (Å²) in [5, 5.41) is 6.28. The zero-order chi connectivity index (χ0) is 14.7. The summed E-state index contributed by atoms with van der Waals surface area (Å²) < 4.78 is 10.9. The van der Waals surface area contributed by atoms with E-state index in [1.165, 1.54) is 0 Å². The maximum absolute atomic E-state index is 5.82. The fourth-order valence-corrected chi connectivity index (χ4v) is 2.96. The molecule has 1 N–H and O–H groups in total. The van der Waals surface area contributed by atoms with Crippen LogP contribution in [0.25, 0.3) is 11.0 Å². The van der Waals surface area contributed by atoms with Crippen molar-refractivity contribution in [2.24, 2.45) is 10.1 Å². The van der Waals surface area contributed by atoms with E-state index in [2.05, 4.69) is 15.5 Å². The van der Waals surface area contributed by atoms with Crippen LogP contribution in [0.2, 0.25) is 0 Å². The van der Waals surface area contributed by atoms with Crippen molar-refractivity contribution in [1.82, 2.24) is 5.43 Å². The van der Waals surface area contributed by atoms with E-state index in [1.54, 1.807) is 18.9 Å². The van der Waals surface area contributed by atoms with Gasteiger partial charge in [-0.3, -0.25) is 10.4 Å². The van der Waals surface area contributed by atoms with Crippen molar-refractivity contribution in [3.63, 3.8) is 0 Å². The van der Waals surface area contributed by atoms with E-state index >= 15 is 0 Å². The highest BCUT2D eigenvalue weighted by molar-refractivity contribution is 8.14. The topological polar surface area (TPSA) is 59.1 Å². The third-order valence-electron chi connectivity index (χ3n) is 3.09. The first-order valence-electron chi connectivity index (χ1n) is 6.77. The minimum Gasteiger partial charge on any atom is -0.455 e. The van der Waals surface area contributed by atoms with Gasteiger partial charge in [-0.05, 0) is 19.1 Å². The second-order valence-corrected chi connectivity index (χ2v) is 5.81. The fraction of sp³-hybridized carbons (Fsp3) is 0.333. The Hall–Kier alpha value is -1.79. The molecule has 0 amide bonds. The van der Waals surface area contributed by atoms with Crippen LogP contribution < -0.4 is 5.43 Å². The molecule has 0 radical (unpaired) electrons. The number of hydrogen-bond donors (Lipinski definition) is 1. The number of furan rings is 1. The highest BCUT2D eigenvalue weighted by Gasteiger charge is 2.17. The van der Waals surface area contributed by atoms with Crippen LogP contribution >= 0.6 is 11.8 Å². The third kappa shape index (κ3) is 3.28. The zero-order valence-electron chi connectivity index (χ0n) is 12.0. The minimum absolute atomic E-state index is 0.118. The molecular weight excluding hydrogens is 286 g/mol. The molecule has 110 valence electrons. The number of nitrogens with one attached hydrogen (secondary N) is 1. The molecule has 5 nitrogen and oxygen atoms in total. The molecule has 1 aromatic carbocycles. The van der Waals surface area contributed by atoms with Crippen LogP contribution in [0.5, 0.6) is 0 Å². The van der Waals surface area contributed by atoms with Gasteiger partial charge in [-0.15, -0.1) is 0 Å². The summed E-state index contributed by atoms with van der Waals surface area (Å²) in [5.41, 5.74) is 4.77. The quantitative estimate of drug-likeness (QED) is 0.943. The summed E-state index contributed by atoms with van der Waals surface area (Å²) in [5.74, 6) is 1.55. The Labute approximate surface area is 127 Å². The standard InChI is InChI=1S/C15H17N3O2S/c1-10(8-19-2)16-15-18-17-12(9-21-15)14-7-11-5-3-4-6-13(11)20-14/h3-7,10H,8-9H2,1-2H3,(H,16,18)/t10-/m0/s1. The minimum atomic E-state index is 0.118. The Kier molecular flexibility index (Phi) is 4.26. The highest BCUT2D eigenvalue weighted by Crippen LogP contribution is 2.22. The Morgan fingerprint density at radius 2 is 2.33 bits per heavy atom. The first-order valence-corrected chi connectivity index (χ1v) is 7.76. The maximum atomic E-state index is 5.82. The number of ether oxygens (including phenoxy) is 1. The summed E-state index contributed by atoms with van der Waals surface area (Å²) in [6.45, 7) is 2.61. The number of methoxy groups -OCH3 is 1. The maximum Gasteiger partial charge on any atom is 0.177 e. The van der Waals surface area contributed by atoms with E-state index in [9.17, 15) is 0 Å². The molecule has 0 bridgehead atoms. The SMILES string of the molecule is COC[C@H](C)N=C1NN=C(c2cc3ccccc3o2)CS1. The Morgan fingerprint density at radius 1 is 1.48 bits per heavy atom. The van der Waals surface area contributed by atoms with E-state index in [0.29, 0.717) is 6.61 Å². The summed E-state index contributed by atoms with van der Waals surface area (Å²) in [6.07, 6.45) is 0. The van der Waals surface area contributed by atoms with Gasteiger partial charge < -0.3 is 9.15 Å². The number of para-hydroxylation sites is 1. The molecule has 1 aliphatic heterocycles. The molecule has 0 aliphatic carbocycles. The molecule has 1 aliphatic rings. The monoisotopic (exact) mass is 303 g/mol. The van der Waals surface area contributed by atoms with Gasteiger partial charge in [0.2, 0.25) is 0 Å². The lowest BCUT2D eigenvalue weighted by molar-refractivity contribution is 0.186. The number of thioether (sulfide) groups is 1. The smallest absolute Gasteiger partial charge is 0.177 e. The Bertz CT molecular complexity index is 660. The van der Waals surface area contributed by atoms with Crippen molar-refractivity contribution in [3.8, 4) is 0 Å². The predicted molar refractivity (Wildman–Crippen MR) is 87.1 cm³/mol. The van der Waals surface area contributed by atoms with E-state index in [4.69, 9.17) is 9.15 Å². The van der Waals surface area contributed by atoms with Gasteiger partial charge in [0.25, 0.3) is 0 Å². The molecule has 6 heteroatoms. The second-order valence-electron chi connectivity index (χ2n) is 4.85. The number of nitrogens with zero attached hydrogens (tertiary/aromatic N) is 2. The number of benzene rings is 1. The number of aliphatic imine (C=N–C) groups is 1. The van der Waals surface area contributed by atoms with Crippen LogP contribution in [0.1, 0.15) is 12.7 Å². The summed E-state index contributed by atoms with van der Waals surface area (Å²) in [6, 6.07) is 10.1. The van der Waals surface area contributed by atoms with Crippen molar-refractivity contribution in [3.05, 3.63) is 36.1 Å². The van der Waals surface area contributed by atoms with Crippen molar-refractivity contribution >= 4 is 33.6 Å². The molecule has 21 heavy (non-hydrogen) atoms. The van der Waals surface area contributed by atoms with Crippen molar-refractivity contribution in [2.45, 2.75) is 13.0 Å². The molecule has 2 aromatic rings. The van der Waals surface area contributed by atoms with Crippen molar-refractivity contribution in [1.29, 1.82) is 0 Å². The molecule has 0 unspecified atom stereocenters. The first kappa shape index (κ1) is 14.2. The lowest BCUT2D eigenvalue weighted by atomic mass is 10.2. The van der Waals surface area contributed by atoms with E-state index in [1.807, 2.05) is 37.3 Å². The summed E-state index contributed by atoms with van der Waals surface area (Å²) in [4.78, 5) is 4.50. The molecule has 1 atom stereocenters. The lowest BCUT2D eigenvalue weighted by Gasteiger charge is -2.14. The van der Waals surface area contributed by atoms with Gasteiger partial charge in [-0.1, -0.05) is 30.0 Å². The average Bonchev–Trinajstić information content (AvgIpc) is 2.92. The molecule has 0 saturated carbocycles. The molecule has 0 saturated heterocycles. The number of rotatable bonds is 4.